The molecule has 2 aromatic heterocycles. The fourth-order valence-electron chi connectivity index (χ4n) is 1.75. The summed E-state index contributed by atoms with van der Waals surface area (Å²) >= 11 is 5.39. The summed E-state index contributed by atoms with van der Waals surface area (Å²) < 4.78 is 14.1. The van der Waals surface area contributed by atoms with Crippen molar-refractivity contribution >= 4 is 11.6 Å². The molecule has 7 heteroatoms. The van der Waals surface area contributed by atoms with Gasteiger partial charge in [0, 0.05) is 6.20 Å². The second kappa shape index (κ2) is 5.36. The van der Waals surface area contributed by atoms with Gasteiger partial charge in [-0.15, -0.1) is 0 Å². The topological polar surface area (TPSA) is 67.8 Å². The van der Waals surface area contributed by atoms with Crippen LogP contribution in [0.4, 0.5) is 4.39 Å². The van der Waals surface area contributed by atoms with Gasteiger partial charge in [-0.1, -0.05) is 24.6 Å². The highest BCUT2D eigenvalue weighted by Gasteiger charge is 2.13. The van der Waals surface area contributed by atoms with Gasteiger partial charge in [0.25, 0.3) is 5.56 Å². The maximum Gasteiger partial charge on any atom is 0.330 e. The summed E-state index contributed by atoms with van der Waals surface area (Å²) in [7, 11) is 0. The molecule has 0 aromatic carbocycles. The maximum absolute atomic E-state index is 13.4. The molecule has 0 spiro atoms. The molecule has 0 radical (unpaired) electrons. The van der Waals surface area contributed by atoms with Crippen LogP contribution in [0.15, 0.2) is 27.9 Å². The Hall–Kier alpha value is -1.95. The molecule has 2 heterocycles. The van der Waals surface area contributed by atoms with Crippen LogP contribution in [0.2, 0.25) is 5.15 Å². The molecular weight excluding hydrogens is 273 g/mol. The number of aryl methyl sites for hydroxylation is 1. The number of hydrogen-bond donors (Lipinski definition) is 1. The molecular formula is C12H11ClFN3O2. The average Bonchev–Trinajstić information content (AvgIpc) is 2.41. The number of nitrogens with zero attached hydrogens (tertiary/aromatic N) is 2. The van der Waals surface area contributed by atoms with Gasteiger partial charge in [-0.05, 0) is 18.1 Å². The molecule has 2 rings (SSSR count). The number of rotatable bonds is 3. The summed E-state index contributed by atoms with van der Waals surface area (Å²) in [6.45, 7) is 1.84. The molecule has 0 bridgehead atoms. The SMILES string of the molecule is CCc1cccnc1Cn1c(=O)[nH]c(Cl)c(F)c1=O. The Balaban J connectivity index is 2.53. The molecule has 0 fully saturated rings. The standard InChI is InChI=1S/C12H11ClFN3O2/c1-2-7-4-3-5-15-8(7)6-17-11(18)9(14)10(13)16-12(17)19/h3-5H,2,6H2,1H3,(H,16,19). The summed E-state index contributed by atoms with van der Waals surface area (Å²) in [5.74, 6) is -1.17. The number of aromatic nitrogens is 3. The van der Waals surface area contributed by atoms with E-state index in [1.165, 1.54) is 0 Å². The molecule has 5 nitrogen and oxygen atoms in total. The Labute approximate surface area is 112 Å². The largest absolute Gasteiger partial charge is 0.330 e. The van der Waals surface area contributed by atoms with Crippen LogP contribution in [0.25, 0.3) is 0 Å². The van der Waals surface area contributed by atoms with Crippen molar-refractivity contribution in [2.24, 2.45) is 0 Å². The first-order chi connectivity index (χ1) is 9.04. The minimum atomic E-state index is -1.17. The van der Waals surface area contributed by atoms with Crippen LogP contribution in [-0.4, -0.2) is 14.5 Å². The van der Waals surface area contributed by atoms with Gasteiger partial charge in [0.05, 0.1) is 12.2 Å². The third-order valence-electron chi connectivity index (χ3n) is 2.76. The lowest BCUT2D eigenvalue weighted by atomic mass is 10.1. The Morgan fingerprint density at radius 1 is 1.47 bits per heavy atom. The van der Waals surface area contributed by atoms with E-state index in [9.17, 15) is 14.0 Å². The Bertz CT molecular complexity index is 724. The van der Waals surface area contributed by atoms with Crippen LogP contribution in [0.3, 0.4) is 0 Å². The van der Waals surface area contributed by atoms with E-state index < -0.39 is 22.2 Å². The van der Waals surface area contributed by atoms with Crippen LogP contribution >= 0.6 is 11.6 Å². The molecule has 0 unspecified atom stereocenters. The quantitative estimate of drug-likeness (QED) is 0.864. The van der Waals surface area contributed by atoms with Gasteiger partial charge in [0.2, 0.25) is 5.82 Å². The third-order valence-corrected chi connectivity index (χ3v) is 3.02. The molecule has 0 aliphatic heterocycles. The van der Waals surface area contributed by atoms with Crippen molar-refractivity contribution < 1.29 is 4.39 Å². The summed E-state index contributed by atoms with van der Waals surface area (Å²) in [5.41, 5.74) is -0.367. The highest BCUT2D eigenvalue weighted by atomic mass is 35.5. The normalized spacial score (nSPS) is 10.7. The van der Waals surface area contributed by atoms with Crippen LogP contribution in [0.5, 0.6) is 0 Å². The predicted molar refractivity (Wildman–Crippen MR) is 69.0 cm³/mol. The third kappa shape index (κ3) is 2.58. The van der Waals surface area contributed by atoms with Crippen LogP contribution < -0.4 is 11.2 Å². The first-order valence-corrected chi connectivity index (χ1v) is 6.03. The summed E-state index contributed by atoms with van der Waals surface area (Å²) in [6, 6.07) is 3.60. The highest BCUT2D eigenvalue weighted by Crippen LogP contribution is 2.07. The minimum Gasteiger partial charge on any atom is -0.295 e. The highest BCUT2D eigenvalue weighted by molar-refractivity contribution is 6.29. The van der Waals surface area contributed by atoms with Gasteiger partial charge in [0.1, 0.15) is 0 Å². The second-order valence-corrected chi connectivity index (χ2v) is 4.29. The molecule has 0 aliphatic rings. The smallest absolute Gasteiger partial charge is 0.295 e. The Morgan fingerprint density at radius 2 is 2.21 bits per heavy atom. The number of hydrogen-bond acceptors (Lipinski definition) is 3. The molecule has 0 atom stereocenters. The lowest BCUT2D eigenvalue weighted by Gasteiger charge is -2.08. The van der Waals surface area contributed by atoms with Crippen LogP contribution in [0, 0.1) is 5.82 Å². The maximum atomic E-state index is 13.4. The van der Waals surface area contributed by atoms with Crippen molar-refractivity contribution in [2.75, 3.05) is 0 Å². The summed E-state index contributed by atoms with van der Waals surface area (Å²) in [6.07, 6.45) is 2.26. The molecule has 1 N–H and O–H groups in total. The molecule has 0 aliphatic carbocycles. The lowest BCUT2D eigenvalue weighted by molar-refractivity contribution is 0.554. The van der Waals surface area contributed by atoms with Crippen LogP contribution in [0.1, 0.15) is 18.2 Å². The van der Waals surface area contributed by atoms with Crippen molar-refractivity contribution in [3.8, 4) is 0 Å². The molecule has 19 heavy (non-hydrogen) atoms. The number of halogens is 2. The molecule has 0 saturated heterocycles. The Kier molecular flexibility index (Phi) is 3.80. The monoisotopic (exact) mass is 283 g/mol. The number of nitrogens with one attached hydrogen (secondary N) is 1. The zero-order valence-electron chi connectivity index (χ0n) is 10.1. The van der Waals surface area contributed by atoms with Crippen molar-refractivity contribution in [3.63, 3.8) is 0 Å². The predicted octanol–water partition coefficient (Wildman–Crippen LogP) is 1.33. The van der Waals surface area contributed by atoms with Gasteiger partial charge < -0.3 is 0 Å². The van der Waals surface area contributed by atoms with E-state index in [2.05, 4.69) is 9.97 Å². The van der Waals surface area contributed by atoms with E-state index in [4.69, 9.17) is 11.6 Å². The van der Waals surface area contributed by atoms with E-state index in [1.807, 2.05) is 13.0 Å². The zero-order valence-corrected chi connectivity index (χ0v) is 10.9. The first kappa shape index (κ1) is 13.5. The van der Waals surface area contributed by atoms with E-state index in [0.717, 1.165) is 10.1 Å². The number of pyridine rings is 1. The van der Waals surface area contributed by atoms with Gasteiger partial charge in [-0.25, -0.2) is 4.79 Å². The number of H-pyrrole nitrogens is 1. The van der Waals surface area contributed by atoms with Gasteiger partial charge >= 0.3 is 5.69 Å². The zero-order chi connectivity index (χ0) is 14.0. The second-order valence-electron chi connectivity index (χ2n) is 3.91. The minimum absolute atomic E-state index is 0.0910. The summed E-state index contributed by atoms with van der Waals surface area (Å²) in [5, 5.41) is -0.581. The number of aromatic amines is 1. The molecule has 0 saturated carbocycles. The van der Waals surface area contributed by atoms with Gasteiger partial charge in [-0.2, -0.15) is 4.39 Å². The fraction of sp³-hybridized carbons (Fsp3) is 0.250. The van der Waals surface area contributed by atoms with Crippen molar-refractivity contribution in [3.05, 3.63) is 61.4 Å². The fourth-order valence-corrected chi connectivity index (χ4v) is 1.91. The first-order valence-electron chi connectivity index (χ1n) is 5.65. The van der Waals surface area contributed by atoms with Crippen LogP contribution in [-0.2, 0) is 13.0 Å². The Morgan fingerprint density at radius 3 is 2.89 bits per heavy atom. The van der Waals surface area contributed by atoms with E-state index in [0.29, 0.717) is 12.1 Å². The molecule has 100 valence electrons. The van der Waals surface area contributed by atoms with E-state index in [1.54, 1.807) is 12.3 Å². The molecule has 0 amide bonds. The van der Waals surface area contributed by atoms with Crippen molar-refractivity contribution in [2.45, 2.75) is 19.9 Å². The molecule has 2 aromatic rings. The van der Waals surface area contributed by atoms with Gasteiger partial charge in [0.15, 0.2) is 5.15 Å². The van der Waals surface area contributed by atoms with E-state index >= 15 is 0 Å². The lowest BCUT2D eigenvalue weighted by Crippen LogP contribution is -2.37. The average molecular weight is 284 g/mol. The van der Waals surface area contributed by atoms with E-state index in [-0.39, 0.29) is 6.54 Å². The van der Waals surface area contributed by atoms with Gasteiger partial charge in [-0.3, -0.25) is 19.3 Å². The van der Waals surface area contributed by atoms with Crippen molar-refractivity contribution in [1.82, 2.24) is 14.5 Å². The summed E-state index contributed by atoms with van der Waals surface area (Å²) in [4.78, 5) is 29.5. The van der Waals surface area contributed by atoms with Crippen molar-refractivity contribution in [1.29, 1.82) is 0 Å².